The van der Waals surface area contributed by atoms with Crippen LogP contribution in [0.5, 0.6) is 0 Å². The van der Waals surface area contributed by atoms with Gasteiger partial charge in [0.1, 0.15) is 5.82 Å². The third kappa shape index (κ3) is 5.58. The first kappa shape index (κ1) is 24.2. The Morgan fingerprint density at radius 1 is 1.06 bits per heavy atom. The zero-order chi connectivity index (χ0) is 25.0. The smallest absolute Gasteiger partial charge is 0.264 e. The maximum absolute atomic E-state index is 13.2. The van der Waals surface area contributed by atoms with E-state index in [1.807, 2.05) is 18.2 Å². The van der Waals surface area contributed by atoms with Crippen molar-refractivity contribution >= 4 is 39.3 Å². The van der Waals surface area contributed by atoms with Crippen LogP contribution in [0.2, 0.25) is 0 Å². The van der Waals surface area contributed by atoms with Crippen molar-refractivity contribution in [3.8, 4) is 0 Å². The maximum atomic E-state index is 13.2. The third-order valence-corrected chi connectivity index (χ3v) is 7.42. The van der Waals surface area contributed by atoms with Gasteiger partial charge in [0.15, 0.2) is 0 Å². The summed E-state index contributed by atoms with van der Waals surface area (Å²) in [5.41, 5.74) is 2.64. The molecule has 180 valence electrons. The van der Waals surface area contributed by atoms with Gasteiger partial charge in [-0.2, -0.15) is 0 Å². The molecule has 1 N–H and O–H groups in total. The van der Waals surface area contributed by atoms with E-state index in [1.54, 1.807) is 30.3 Å². The molecule has 4 rings (SSSR count). The topological polar surface area (TPSA) is 86.8 Å². The molecule has 0 aliphatic carbocycles. The highest BCUT2D eigenvalue weighted by Gasteiger charge is 2.30. The quantitative estimate of drug-likeness (QED) is 0.509. The molecule has 3 aromatic rings. The van der Waals surface area contributed by atoms with Crippen molar-refractivity contribution in [1.82, 2.24) is 4.90 Å². The Morgan fingerprint density at radius 3 is 2.54 bits per heavy atom. The molecule has 0 spiro atoms. The Kier molecular flexibility index (Phi) is 6.97. The molecule has 0 aromatic heterocycles. The summed E-state index contributed by atoms with van der Waals surface area (Å²) in [7, 11) is -2.22. The van der Waals surface area contributed by atoms with Gasteiger partial charge in [0.05, 0.1) is 17.1 Å². The average molecular weight is 494 g/mol. The van der Waals surface area contributed by atoms with Crippen LogP contribution in [-0.2, 0) is 26.0 Å². The van der Waals surface area contributed by atoms with Gasteiger partial charge in [-0.05, 0) is 60.0 Å². The number of carbonyl (C=O) groups is 2. The van der Waals surface area contributed by atoms with Gasteiger partial charge >= 0.3 is 0 Å². The molecule has 0 radical (unpaired) electrons. The lowest BCUT2D eigenvalue weighted by Crippen LogP contribution is -2.33. The molecule has 7 nitrogen and oxygen atoms in total. The number of nitrogens with zero attached hydrogens (tertiary/aromatic N) is 2. The number of hydrogen-bond donors (Lipinski definition) is 1. The summed E-state index contributed by atoms with van der Waals surface area (Å²) in [4.78, 5) is 25.9. The molecule has 35 heavy (non-hydrogen) atoms. The first-order valence-electron chi connectivity index (χ1n) is 10.9. The predicted octanol–water partition coefficient (Wildman–Crippen LogP) is 3.69. The number of amides is 2. The van der Waals surface area contributed by atoms with Gasteiger partial charge in [0.2, 0.25) is 11.8 Å². The van der Waals surface area contributed by atoms with E-state index in [2.05, 4.69) is 5.32 Å². The molecule has 1 aliphatic heterocycles. The second kappa shape index (κ2) is 10.1. The molecule has 0 bridgehead atoms. The van der Waals surface area contributed by atoms with Crippen LogP contribution in [0.25, 0.3) is 6.08 Å². The fourth-order valence-electron chi connectivity index (χ4n) is 3.79. The fourth-order valence-corrected chi connectivity index (χ4v) is 5.29. The second-order valence-corrected chi connectivity index (χ2v) is 9.97. The van der Waals surface area contributed by atoms with Crippen molar-refractivity contribution in [2.45, 2.75) is 11.3 Å². The van der Waals surface area contributed by atoms with E-state index in [9.17, 15) is 22.4 Å². The number of benzene rings is 3. The normalized spacial score (nSPS) is 13.0. The number of anilines is 2. The first-order valence-corrected chi connectivity index (χ1v) is 12.4. The second-order valence-electron chi connectivity index (χ2n) is 8.11. The number of nitrogens with one attached hydrogen (secondary N) is 1. The average Bonchev–Trinajstić information content (AvgIpc) is 3.28. The van der Waals surface area contributed by atoms with Crippen molar-refractivity contribution in [3.63, 3.8) is 0 Å². The number of carbonyl (C=O) groups excluding carboxylic acids is 2. The monoisotopic (exact) mass is 493 g/mol. The molecule has 2 amide bonds. The van der Waals surface area contributed by atoms with E-state index in [4.69, 9.17) is 0 Å². The van der Waals surface area contributed by atoms with Gasteiger partial charge in [-0.3, -0.25) is 13.9 Å². The number of hydrogen-bond acceptors (Lipinski definition) is 4. The summed E-state index contributed by atoms with van der Waals surface area (Å²) in [5, 5.41) is 2.53. The summed E-state index contributed by atoms with van der Waals surface area (Å²) < 4.78 is 40.9. The fraction of sp³-hybridized carbons (Fsp3) is 0.154. The van der Waals surface area contributed by atoms with Crippen LogP contribution in [0.15, 0.2) is 83.8 Å². The first-order chi connectivity index (χ1) is 16.7. The highest BCUT2D eigenvalue weighted by Crippen LogP contribution is 2.32. The maximum Gasteiger partial charge on any atom is 0.264 e. The Morgan fingerprint density at radius 2 is 1.80 bits per heavy atom. The van der Waals surface area contributed by atoms with Crippen LogP contribution in [-0.4, -0.2) is 45.3 Å². The molecule has 9 heteroatoms. The van der Waals surface area contributed by atoms with Crippen LogP contribution in [0.3, 0.4) is 0 Å². The molecule has 0 atom stereocenters. The summed E-state index contributed by atoms with van der Waals surface area (Å²) >= 11 is 0. The lowest BCUT2D eigenvalue weighted by molar-refractivity contribution is -0.129. The Labute approximate surface area is 203 Å². The lowest BCUT2D eigenvalue weighted by atomic mass is 10.2. The molecule has 0 saturated carbocycles. The van der Waals surface area contributed by atoms with Crippen molar-refractivity contribution < 1.29 is 22.4 Å². The minimum absolute atomic E-state index is 0.170. The summed E-state index contributed by atoms with van der Waals surface area (Å²) in [6, 6.07) is 19.2. The number of sulfonamides is 1. The molecule has 0 fully saturated rings. The number of para-hydroxylation sites is 1. The van der Waals surface area contributed by atoms with Gasteiger partial charge in [-0.25, -0.2) is 12.8 Å². The Hall–Kier alpha value is -3.98. The van der Waals surface area contributed by atoms with E-state index >= 15 is 0 Å². The zero-order valence-corrected chi connectivity index (χ0v) is 19.8. The van der Waals surface area contributed by atoms with Gasteiger partial charge in [-0.15, -0.1) is 0 Å². The largest absolute Gasteiger partial charge is 0.333 e. The van der Waals surface area contributed by atoms with Crippen molar-refractivity contribution in [3.05, 3.63) is 95.8 Å². The molecule has 1 aliphatic rings. The van der Waals surface area contributed by atoms with Gasteiger partial charge in [0.25, 0.3) is 10.0 Å². The molecule has 0 unspecified atom stereocenters. The standard InChI is InChI=1S/C26H24FN3O4S/c1-29(18-25(31)28-22-7-4-6-21(27)17-22)26(32)14-11-19-9-12-23(13-10-19)35(33,34)30-16-15-20-5-2-3-8-24(20)30/h2-14,17H,15-16,18H2,1H3,(H,28,31)/b14-11+. The highest BCUT2D eigenvalue weighted by molar-refractivity contribution is 7.92. The summed E-state index contributed by atoms with van der Waals surface area (Å²) in [6.07, 6.45) is 3.52. The minimum atomic E-state index is -3.69. The minimum Gasteiger partial charge on any atom is -0.333 e. The van der Waals surface area contributed by atoms with Crippen LogP contribution in [0.4, 0.5) is 15.8 Å². The molecular weight excluding hydrogens is 469 g/mol. The van der Waals surface area contributed by atoms with Gasteiger partial charge in [0, 0.05) is 25.4 Å². The van der Waals surface area contributed by atoms with E-state index in [-0.39, 0.29) is 11.4 Å². The molecular formula is C26H24FN3O4S. The van der Waals surface area contributed by atoms with Crippen molar-refractivity contribution in [2.24, 2.45) is 0 Å². The third-order valence-electron chi connectivity index (χ3n) is 5.60. The Balaban J connectivity index is 1.36. The molecule has 0 saturated heterocycles. The van der Waals surface area contributed by atoms with Gasteiger partial charge in [-0.1, -0.05) is 36.4 Å². The number of halogens is 1. The summed E-state index contributed by atoms with van der Waals surface area (Å²) in [6.45, 7) is 0.186. The van der Waals surface area contributed by atoms with E-state index in [0.717, 1.165) is 5.56 Å². The van der Waals surface area contributed by atoms with Crippen molar-refractivity contribution in [1.29, 1.82) is 0 Å². The number of rotatable bonds is 7. The SMILES string of the molecule is CN(CC(=O)Nc1cccc(F)c1)C(=O)/C=C/c1ccc(S(=O)(=O)N2CCc3ccccc32)cc1. The molecule has 3 aromatic carbocycles. The van der Waals surface area contributed by atoms with Crippen LogP contribution >= 0.6 is 0 Å². The lowest BCUT2D eigenvalue weighted by Gasteiger charge is -2.19. The van der Waals surface area contributed by atoms with Gasteiger partial charge < -0.3 is 10.2 Å². The van der Waals surface area contributed by atoms with Crippen molar-refractivity contribution in [2.75, 3.05) is 29.8 Å². The Bertz CT molecular complexity index is 1390. The van der Waals surface area contributed by atoms with Crippen LogP contribution < -0.4 is 9.62 Å². The van der Waals surface area contributed by atoms with E-state index < -0.39 is 27.7 Å². The van der Waals surface area contributed by atoms with E-state index in [1.165, 1.54) is 52.7 Å². The number of likely N-dealkylation sites (N-methyl/N-ethyl adjacent to an activating group) is 1. The molecule has 1 heterocycles. The van der Waals surface area contributed by atoms with Crippen LogP contribution in [0.1, 0.15) is 11.1 Å². The highest BCUT2D eigenvalue weighted by atomic mass is 32.2. The van der Waals surface area contributed by atoms with E-state index in [0.29, 0.717) is 29.9 Å². The predicted molar refractivity (Wildman–Crippen MR) is 133 cm³/mol. The summed E-state index contributed by atoms with van der Waals surface area (Å²) in [5.74, 6) is -1.35. The zero-order valence-electron chi connectivity index (χ0n) is 19.0. The van der Waals surface area contributed by atoms with Crippen LogP contribution in [0, 0.1) is 5.82 Å². The number of fused-ring (bicyclic) bond motifs is 1.